The van der Waals surface area contributed by atoms with Crippen LogP contribution >= 0.6 is 11.3 Å². The van der Waals surface area contributed by atoms with E-state index in [9.17, 15) is 14.4 Å². The fourth-order valence-electron chi connectivity index (χ4n) is 3.33. The number of nitrogens with two attached hydrogens (primary N) is 1. The third kappa shape index (κ3) is 6.38. The van der Waals surface area contributed by atoms with Gasteiger partial charge in [-0.05, 0) is 25.3 Å². The summed E-state index contributed by atoms with van der Waals surface area (Å²) in [7, 11) is 0. The molecule has 0 saturated carbocycles. The molecule has 0 radical (unpaired) electrons. The second-order valence-corrected chi connectivity index (χ2v) is 8.57. The van der Waals surface area contributed by atoms with Crippen LogP contribution in [-0.4, -0.2) is 37.0 Å². The van der Waals surface area contributed by atoms with Crippen molar-refractivity contribution in [2.45, 2.75) is 46.6 Å². The van der Waals surface area contributed by atoms with Gasteiger partial charge >= 0.3 is 5.97 Å². The van der Waals surface area contributed by atoms with Crippen molar-refractivity contribution in [2.24, 2.45) is 11.7 Å². The van der Waals surface area contributed by atoms with Crippen LogP contribution < -0.4 is 16.4 Å². The summed E-state index contributed by atoms with van der Waals surface area (Å²) < 4.78 is 5.26. The average Bonchev–Trinajstić information content (AvgIpc) is 3.06. The number of amides is 2. The first-order chi connectivity index (χ1) is 14.8. The van der Waals surface area contributed by atoms with Gasteiger partial charge in [0.1, 0.15) is 10.6 Å². The maximum absolute atomic E-state index is 12.7. The van der Waals surface area contributed by atoms with Gasteiger partial charge in [0.25, 0.3) is 0 Å². The quantitative estimate of drug-likeness (QED) is 0.457. The summed E-state index contributed by atoms with van der Waals surface area (Å²) in [6.45, 7) is 8.12. The largest absolute Gasteiger partial charge is 0.462 e. The van der Waals surface area contributed by atoms with Crippen LogP contribution in [0, 0.1) is 12.8 Å². The van der Waals surface area contributed by atoms with Crippen LogP contribution in [0.25, 0.3) is 11.1 Å². The molecule has 0 aliphatic carbocycles. The zero-order chi connectivity index (χ0) is 23.0. The summed E-state index contributed by atoms with van der Waals surface area (Å²) in [5.41, 5.74) is 7.48. The second-order valence-electron chi connectivity index (χ2n) is 7.34. The molecule has 7 nitrogen and oxygen atoms in total. The van der Waals surface area contributed by atoms with Gasteiger partial charge < -0.3 is 21.1 Å². The highest BCUT2D eigenvalue weighted by Crippen LogP contribution is 2.40. The highest BCUT2D eigenvalue weighted by molar-refractivity contribution is 7.17. The third-order valence-corrected chi connectivity index (χ3v) is 6.14. The number of nitrogens with one attached hydrogen (secondary N) is 2. The molecule has 1 aromatic carbocycles. The first kappa shape index (κ1) is 24.6. The molecule has 0 saturated heterocycles. The van der Waals surface area contributed by atoms with Crippen LogP contribution in [0.5, 0.6) is 0 Å². The molecule has 2 atom stereocenters. The number of carbonyl (C=O) groups excluding carboxylic acids is 3. The van der Waals surface area contributed by atoms with Gasteiger partial charge in [-0.15, -0.1) is 11.3 Å². The smallest absolute Gasteiger partial charge is 0.341 e. The number of esters is 1. The Kier molecular flexibility index (Phi) is 9.21. The van der Waals surface area contributed by atoms with Gasteiger partial charge in [0.2, 0.25) is 11.8 Å². The Labute approximate surface area is 187 Å². The van der Waals surface area contributed by atoms with Gasteiger partial charge in [-0.3, -0.25) is 9.59 Å². The molecule has 0 spiro atoms. The van der Waals surface area contributed by atoms with Crippen molar-refractivity contribution in [2.75, 3.05) is 18.5 Å². The molecule has 0 aliphatic rings. The Bertz CT molecular complexity index is 911. The lowest BCUT2D eigenvalue weighted by Crippen LogP contribution is -2.46. The molecular formula is C23H31N3O4S. The fraction of sp³-hybridized carbons (Fsp3) is 0.435. The monoisotopic (exact) mass is 445 g/mol. The van der Waals surface area contributed by atoms with E-state index < -0.39 is 17.9 Å². The van der Waals surface area contributed by atoms with Crippen LogP contribution in [0.4, 0.5) is 5.00 Å². The summed E-state index contributed by atoms with van der Waals surface area (Å²) in [4.78, 5) is 37.8. The number of anilines is 1. The van der Waals surface area contributed by atoms with E-state index in [2.05, 4.69) is 10.6 Å². The Morgan fingerprint density at radius 3 is 2.42 bits per heavy atom. The Morgan fingerprint density at radius 2 is 1.84 bits per heavy atom. The molecule has 1 aromatic heterocycles. The van der Waals surface area contributed by atoms with Crippen molar-refractivity contribution in [3.8, 4) is 11.1 Å². The van der Waals surface area contributed by atoms with Crippen LogP contribution in [0.15, 0.2) is 30.3 Å². The molecule has 8 heteroatoms. The highest BCUT2D eigenvalue weighted by Gasteiger charge is 2.26. The van der Waals surface area contributed by atoms with E-state index in [0.29, 0.717) is 17.1 Å². The molecule has 0 bridgehead atoms. The second kappa shape index (κ2) is 11.6. The number of hydrogen-bond donors (Lipinski definition) is 3. The van der Waals surface area contributed by atoms with E-state index in [0.717, 1.165) is 22.4 Å². The Morgan fingerprint density at radius 1 is 1.16 bits per heavy atom. The first-order valence-electron chi connectivity index (χ1n) is 10.5. The van der Waals surface area contributed by atoms with Crippen LogP contribution in [0.2, 0.25) is 0 Å². The normalized spacial score (nSPS) is 12.8. The van der Waals surface area contributed by atoms with Gasteiger partial charge in [0, 0.05) is 23.4 Å². The number of hydrogen-bond acceptors (Lipinski definition) is 6. The van der Waals surface area contributed by atoms with Crippen molar-refractivity contribution in [1.82, 2.24) is 5.32 Å². The van der Waals surface area contributed by atoms with Crippen LogP contribution in [0.1, 0.15) is 48.8 Å². The molecule has 1 heterocycles. The van der Waals surface area contributed by atoms with Crippen molar-refractivity contribution in [1.29, 1.82) is 0 Å². The molecule has 4 N–H and O–H groups in total. The lowest BCUT2D eigenvalue weighted by molar-refractivity contribution is -0.121. The van der Waals surface area contributed by atoms with Crippen molar-refractivity contribution < 1.29 is 19.1 Å². The summed E-state index contributed by atoms with van der Waals surface area (Å²) in [5.74, 6) is -1.08. The molecular weight excluding hydrogens is 414 g/mol. The Balaban J connectivity index is 2.18. The minimum atomic E-state index is -0.485. The summed E-state index contributed by atoms with van der Waals surface area (Å²) >= 11 is 1.34. The van der Waals surface area contributed by atoms with Crippen molar-refractivity contribution >= 4 is 34.1 Å². The minimum Gasteiger partial charge on any atom is -0.462 e. The van der Waals surface area contributed by atoms with E-state index in [1.165, 1.54) is 11.3 Å². The molecule has 2 aromatic rings. The maximum Gasteiger partial charge on any atom is 0.341 e. The van der Waals surface area contributed by atoms with Crippen LogP contribution in [-0.2, 0) is 14.3 Å². The Hall–Kier alpha value is -2.71. The molecule has 31 heavy (non-hydrogen) atoms. The number of ether oxygens (including phenoxy) is 1. The SMILES string of the molecule is CCOC(=O)c1c(NC(=O)CCN[C@H](C(N)=O)[C@@H](C)CC)sc(C)c1-c1ccccc1. The number of primary amides is 1. The average molecular weight is 446 g/mol. The fourth-order valence-corrected chi connectivity index (χ4v) is 4.41. The highest BCUT2D eigenvalue weighted by atomic mass is 32.1. The van der Waals surface area contributed by atoms with Gasteiger partial charge in [-0.1, -0.05) is 50.6 Å². The topological polar surface area (TPSA) is 111 Å². The molecule has 2 rings (SSSR count). The lowest BCUT2D eigenvalue weighted by Gasteiger charge is -2.21. The molecule has 0 fully saturated rings. The van der Waals surface area contributed by atoms with E-state index in [4.69, 9.17) is 10.5 Å². The van der Waals surface area contributed by atoms with E-state index in [1.807, 2.05) is 51.1 Å². The number of aryl methyl sites for hydroxylation is 1. The standard InChI is InChI=1S/C23H31N3O4S/c1-5-14(3)20(21(24)28)25-13-12-17(27)26-22-19(23(29)30-6-2)18(15(4)31-22)16-10-8-7-9-11-16/h7-11,14,20,25H,5-6,12-13H2,1-4H3,(H2,24,28)(H,26,27)/t14-,20-/m0/s1. The summed E-state index contributed by atoms with van der Waals surface area (Å²) in [6, 6.07) is 9.07. The van der Waals surface area contributed by atoms with E-state index >= 15 is 0 Å². The zero-order valence-corrected chi connectivity index (χ0v) is 19.3. The predicted octanol–water partition coefficient (Wildman–Crippen LogP) is 3.72. The zero-order valence-electron chi connectivity index (χ0n) is 18.5. The third-order valence-electron chi connectivity index (χ3n) is 5.12. The van der Waals surface area contributed by atoms with Crippen LogP contribution in [0.3, 0.4) is 0 Å². The molecule has 0 aliphatic heterocycles. The summed E-state index contributed by atoms with van der Waals surface area (Å²) in [5, 5.41) is 6.38. The van der Waals surface area contributed by atoms with E-state index in [1.54, 1.807) is 6.92 Å². The van der Waals surface area contributed by atoms with Gasteiger partial charge in [-0.25, -0.2) is 4.79 Å². The summed E-state index contributed by atoms with van der Waals surface area (Å²) in [6.07, 6.45) is 0.937. The predicted molar refractivity (Wildman–Crippen MR) is 124 cm³/mol. The van der Waals surface area contributed by atoms with Gasteiger partial charge in [0.05, 0.1) is 12.6 Å². The molecule has 168 valence electrons. The van der Waals surface area contributed by atoms with Crippen molar-refractivity contribution in [3.05, 3.63) is 40.8 Å². The van der Waals surface area contributed by atoms with Gasteiger partial charge in [-0.2, -0.15) is 0 Å². The van der Waals surface area contributed by atoms with Crippen molar-refractivity contribution in [3.63, 3.8) is 0 Å². The maximum atomic E-state index is 12.7. The van der Waals surface area contributed by atoms with E-state index in [-0.39, 0.29) is 24.9 Å². The number of benzene rings is 1. The number of thiophene rings is 1. The molecule has 2 amide bonds. The number of rotatable bonds is 11. The molecule has 0 unspecified atom stereocenters. The lowest BCUT2D eigenvalue weighted by atomic mass is 9.98. The number of carbonyl (C=O) groups is 3. The minimum absolute atomic E-state index is 0.0735. The van der Waals surface area contributed by atoms with Gasteiger partial charge in [0.15, 0.2) is 0 Å². The first-order valence-corrected chi connectivity index (χ1v) is 11.3.